The fraction of sp³-hybridized carbons (Fsp3) is 0.650. The Balaban J connectivity index is 1.32. The van der Waals surface area contributed by atoms with Crippen molar-refractivity contribution in [3.05, 3.63) is 29.8 Å². The van der Waals surface area contributed by atoms with E-state index in [-0.39, 0.29) is 17.1 Å². The van der Waals surface area contributed by atoms with Crippen molar-refractivity contribution in [3.8, 4) is 5.75 Å². The molecule has 4 saturated carbocycles. The van der Waals surface area contributed by atoms with Crippen molar-refractivity contribution in [1.29, 1.82) is 0 Å². The summed E-state index contributed by atoms with van der Waals surface area (Å²) in [5.41, 5.74) is 1.30. The van der Waals surface area contributed by atoms with Crippen LogP contribution in [0.4, 0.5) is 0 Å². The first kappa shape index (κ1) is 16.4. The Morgan fingerprint density at radius 1 is 1.25 bits per heavy atom. The van der Waals surface area contributed by atoms with Crippen LogP contribution in [0.2, 0.25) is 0 Å². The van der Waals surface area contributed by atoms with Gasteiger partial charge in [-0.2, -0.15) is 0 Å². The number of hydrogen-bond donors (Lipinski definition) is 2. The van der Waals surface area contributed by atoms with E-state index in [1.807, 2.05) is 12.1 Å². The molecule has 130 valence electrons. The van der Waals surface area contributed by atoms with Gasteiger partial charge in [-0.3, -0.25) is 4.79 Å². The lowest BCUT2D eigenvalue weighted by molar-refractivity contribution is -0.128. The molecule has 4 bridgehead atoms. The molecule has 2 unspecified atom stereocenters. The summed E-state index contributed by atoms with van der Waals surface area (Å²) >= 11 is 4.02. The van der Waals surface area contributed by atoms with Crippen molar-refractivity contribution >= 4 is 21.8 Å². The maximum Gasteiger partial charge on any atom is 0.220 e. The van der Waals surface area contributed by atoms with E-state index in [9.17, 15) is 9.90 Å². The van der Waals surface area contributed by atoms with Gasteiger partial charge in [0, 0.05) is 17.3 Å². The van der Waals surface area contributed by atoms with Crippen molar-refractivity contribution in [2.45, 2.75) is 55.7 Å². The Morgan fingerprint density at radius 2 is 2.00 bits per heavy atom. The van der Waals surface area contributed by atoms with E-state index < -0.39 is 0 Å². The van der Waals surface area contributed by atoms with Crippen LogP contribution in [0.15, 0.2) is 24.3 Å². The van der Waals surface area contributed by atoms with Gasteiger partial charge in [-0.1, -0.05) is 28.1 Å². The molecule has 0 spiro atoms. The highest BCUT2D eigenvalue weighted by Crippen LogP contribution is 2.65. The molecule has 2 N–H and O–H groups in total. The number of nitrogens with one attached hydrogen (secondary N) is 1. The summed E-state index contributed by atoms with van der Waals surface area (Å²) in [4.78, 5) is 12.5. The molecule has 1 aromatic rings. The molecule has 0 aromatic heterocycles. The molecule has 0 saturated heterocycles. The molecule has 5 rings (SSSR count). The average molecular weight is 392 g/mol. The molecule has 0 aliphatic heterocycles. The van der Waals surface area contributed by atoms with E-state index in [1.54, 1.807) is 12.1 Å². The molecule has 1 amide bonds. The van der Waals surface area contributed by atoms with E-state index >= 15 is 0 Å². The number of amides is 1. The lowest BCUT2D eigenvalue weighted by Gasteiger charge is -2.60. The van der Waals surface area contributed by atoms with Crippen LogP contribution in [0.25, 0.3) is 0 Å². The lowest BCUT2D eigenvalue weighted by Crippen LogP contribution is -2.54. The Kier molecular flexibility index (Phi) is 4.14. The van der Waals surface area contributed by atoms with Crippen molar-refractivity contribution < 1.29 is 9.90 Å². The Morgan fingerprint density at radius 3 is 2.67 bits per heavy atom. The van der Waals surface area contributed by atoms with Crippen molar-refractivity contribution in [1.82, 2.24) is 5.32 Å². The largest absolute Gasteiger partial charge is 0.508 e. The zero-order valence-corrected chi connectivity index (χ0v) is 15.6. The number of rotatable bonds is 5. The van der Waals surface area contributed by atoms with Crippen LogP contribution >= 0.6 is 15.9 Å². The molecule has 3 nitrogen and oxygen atoms in total. The smallest absolute Gasteiger partial charge is 0.220 e. The molecule has 0 heterocycles. The van der Waals surface area contributed by atoms with Crippen LogP contribution in [-0.4, -0.2) is 21.9 Å². The summed E-state index contributed by atoms with van der Waals surface area (Å²) < 4.78 is 0.318. The lowest BCUT2D eigenvalue weighted by atomic mass is 9.48. The van der Waals surface area contributed by atoms with Gasteiger partial charge in [-0.25, -0.2) is 0 Å². The van der Waals surface area contributed by atoms with Crippen LogP contribution < -0.4 is 5.32 Å². The van der Waals surface area contributed by atoms with E-state index in [0.717, 1.165) is 23.8 Å². The molecule has 4 fully saturated rings. The van der Waals surface area contributed by atoms with Gasteiger partial charge in [-0.15, -0.1) is 0 Å². The number of phenols is 1. The minimum atomic E-state index is 0.202. The third-order valence-corrected chi connectivity index (χ3v) is 7.22. The number of phenolic OH excluding ortho intramolecular Hbond substituents is 1. The first-order chi connectivity index (χ1) is 11.4. The second kappa shape index (κ2) is 6.05. The van der Waals surface area contributed by atoms with Gasteiger partial charge in [0.1, 0.15) is 5.75 Å². The van der Waals surface area contributed by atoms with Crippen molar-refractivity contribution in [2.75, 3.05) is 6.54 Å². The van der Waals surface area contributed by atoms with E-state index in [4.69, 9.17) is 0 Å². The second-order valence-corrected chi connectivity index (χ2v) is 10.2. The number of halogens is 1. The number of hydrogen-bond acceptors (Lipinski definition) is 2. The topological polar surface area (TPSA) is 49.3 Å². The van der Waals surface area contributed by atoms with E-state index in [2.05, 4.69) is 21.2 Å². The zero-order chi connectivity index (χ0) is 16.8. The number of aromatic hydroxyl groups is 1. The number of carbonyl (C=O) groups is 1. The molecule has 24 heavy (non-hydrogen) atoms. The monoisotopic (exact) mass is 391 g/mol. The average Bonchev–Trinajstić information content (AvgIpc) is 2.43. The van der Waals surface area contributed by atoms with Gasteiger partial charge >= 0.3 is 0 Å². The summed E-state index contributed by atoms with van der Waals surface area (Å²) in [5, 5.41) is 12.6. The maximum atomic E-state index is 12.5. The first-order valence-corrected chi connectivity index (χ1v) is 9.97. The second-order valence-electron chi connectivity index (χ2n) is 8.56. The Hall–Kier alpha value is -1.03. The number of benzene rings is 1. The minimum absolute atomic E-state index is 0.202. The molecular weight excluding hydrogens is 366 g/mol. The van der Waals surface area contributed by atoms with E-state index in [1.165, 1.54) is 38.5 Å². The van der Waals surface area contributed by atoms with Gasteiger partial charge in [0.2, 0.25) is 5.91 Å². The molecule has 4 aliphatic rings. The quantitative estimate of drug-likeness (QED) is 0.739. The third kappa shape index (κ3) is 3.35. The highest BCUT2D eigenvalue weighted by molar-refractivity contribution is 9.10. The highest BCUT2D eigenvalue weighted by atomic mass is 79.9. The van der Waals surface area contributed by atoms with Crippen molar-refractivity contribution in [3.63, 3.8) is 0 Å². The van der Waals surface area contributed by atoms with Gasteiger partial charge in [0.05, 0.1) is 0 Å². The SMILES string of the molecule is O=C(CC12CC3CC(CC(Br)(C3)C1)C2)NCCc1cccc(O)c1. The normalized spacial score (nSPS) is 36.7. The van der Waals surface area contributed by atoms with Crippen LogP contribution in [0.3, 0.4) is 0 Å². The summed E-state index contributed by atoms with van der Waals surface area (Å²) in [5.74, 6) is 2.14. The first-order valence-electron chi connectivity index (χ1n) is 9.17. The molecule has 4 aliphatic carbocycles. The minimum Gasteiger partial charge on any atom is -0.508 e. The number of carbonyl (C=O) groups excluding carboxylic acids is 1. The Bertz CT molecular complexity index is 630. The predicted molar refractivity (Wildman–Crippen MR) is 98.2 cm³/mol. The summed E-state index contributed by atoms with van der Waals surface area (Å²) in [6.07, 6.45) is 9.12. The highest BCUT2D eigenvalue weighted by Gasteiger charge is 2.57. The summed E-state index contributed by atoms with van der Waals surface area (Å²) in [7, 11) is 0. The zero-order valence-electron chi connectivity index (χ0n) is 14.1. The maximum absolute atomic E-state index is 12.5. The molecular formula is C20H26BrNO2. The van der Waals surface area contributed by atoms with Crippen LogP contribution in [0.5, 0.6) is 5.75 Å². The standard InChI is InChI=1S/C20H26BrNO2/c21-20-10-15-6-16(11-20)9-19(8-15,13-20)12-18(24)22-5-4-14-2-1-3-17(23)7-14/h1-3,7,15-16,23H,4-6,8-13H2,(H,22,24). The van der Waals surface area contributed by atoms with Crippen LogP contribution in [0.1, 0.15) is 50.5 Å². The Labute approximate surface area is 152 Å². The van der Waals surface area contributed by atoms with E-state index in [0.29, 0.717) is 17.3 Å². The molecule has 2 atom stereocenters. The summed E-state index contributed by atoms with van der Waals surface area (Å²) in [6.45, 7) is 0.644. The van der Waals surface area contributed by atoms with Crippen LogP contribution in [-0.2, 0) is 11.2 Å². The van der Waals surface area contributed by atoms with Gasteiger partial charge in [0.25, 0.3) is 0 Å². The summed E-state index contributed by atoms with van der Waals surface area (Å²) in [6, 6.07) is 7.27. The predicted octanol–water partition coefficient (Wildman–Crippen LogP) is 4.17. The van der Waals surface area contributed by atoms with Crippen LogP contribution in [0, 0.1) is 17.3 Å². The van der Waals surface area contributed by atoms with Crippen molar-refractivity contribution in [2.24, 2.45) is 17.3 Å². The van der Waals surface area contributed by atoms with Gasteiger partial charge < -0.3 is 10.4 Å². The van der Waals surface area contributed by atoms with Gasteiger partial charge in [0.15, 0.2) is 0 Å². The third-order valence-electron chi connectivity index (χ3n) is 6.29. The van der Waals surface area contributed by atoms with Gasteiger partial charge in [-0.05, 0) is 79.9 Å². The molecule has 1 aromatic carbocycles. The fourth-order valence-corrected chi connectivity index (χ4v) is 7.51. The number of alkyl halides is 1. The molecule has 0 radical (unpaired) electrons. The molecule has 4 heteroatoms. The fourth-order valence-electron chi connectivity index (χ4n) is 6.00.